The third-order valence-electron chi connectivity index (χ3n) is 4.09. The van der Waals surface area contributed by atoms with Gasteiger partial charge in [0, 0.05) is 26.2 Å². The number of rotatable bonds is 5. The second kappa shape index (κ2) is 7.44. The lowest BCUT2D eigenvalue weighted by Gasteiger charge is -2.26. The molecule has 0 bridgehead atoms. The highest BCUT2D eigenvalue weighted by Gasteiger charge is 2.12. The van der Waals surface area contributed by atoms with Gasteiger partial charge in [-0.3, -0.25) is 9.69 Å². The standard InChI is InChI=1S/C18H22N2O3/c1-14-17(6-9-23-14)18(21)19-12-15-2-4-16(5-3-15)13-20-7-10-22-11-8-20/h2-6,9H,7-8,10-13H2,1H3,(H,19,21). The maximum Gasteiger partial charge on any atom is 0.255 e. The summed E-state index contributed by atoms with van der Waals surface area (Å²) in [6, 6.07) is 10.1. The Morgan fingerprint density at radius 3 is 2.48 bits per heavy atom. The molecule has 2 heterocycles. The van der Waals surface area contributed by atoms with E-state index in [0.29, 0.717) is 17.9 Å². The zero-order chi connectivity index (χ0) is 16.1. The van der Waals surface area contributed by atoms with E-state index < -0.39 is 0 Å². The van der Waals surface area contributed by atoms with Gasteiger partial charge in [0.15, 0.2) is 0 Å². The topological polar surface area (TPSA) is 54.7 Å². The van der Waals surface area contributed by atoms with Crippen LogP contribution in [0.3, 0.4) is 0 Å². The van der Waals surface area contributed by atoms with E-state index in [2.05, 4.69) is 34.5 Å². The van der Waals surface area contributed by atoms with Crippen molar-refractivity contribution in [3.8, 4) is 0 Å². The molecule has 0 radical (unpaired) electrons. The number of carbonyl (C=O) groups is 1. The summed E-state index contributed by atoms with van der Waals surface area (Å²) < 4.78 is 10.5. The van der Waals surface area contributed by atoms with Gasteiger partial charge in [0.2, 0.25) is 0 Å². The molecular weight excluding hydrogens is 292 g/mol. The molecule has 1 aromatic carbocycles. The summed E-state index contributed by atoms with van der Waals surface area (Å²) in [7, 11) is 0. The molecule has 0 spiro atoms. The van der Waals surface area contributed by atoms with E-state index >= 15 is 0 Å². The Balaban J connectivity index is 1.51. The molecule has 0 atom stereocenters. The van der Waals surface area contributed by atoms with Crippen molar-refractivity contribution in [2.45, 2.75) is 20.0 Å². The Kier molecular flexibility index (Phi) is 5.10. The molecule has 1 amide bonds. The van der Waals surface area contributed by atoms with E-state index in [1.807, 2.05) is 0 Å². The highest BCUT2D eigenvalue weighted by atomic mass is 16.5. The number of morpholine rings is 1. The van der Waals surface area contributed by atoms with Crippen LogP contribution < -0.4 is 5.32 Å². The summed E-state index contributed by atoms with van der Waals surface area (Å²) in [5.41, 5.74) is 2.96. The van der Waals surface area contributed by atoms with Crippen molar-refractivity contribution in [1.29, 1.82) is 0 Å². The predicted octanol–water partition coefficient (Wildman–Crippen LogP) is 2.35. The van der Waals surface area contributed by atoms with Crippen molar-refractivity contribution in [3.05, 3.63) is 59.0 Å². The average molecular weight is 314 g/mol. The van der Waals surface area contributed by atoms with E-state index in [0.717, 1.165) is 38.4 Å². The monoisotopic (exact) mass is 314 g/mol. The van der Waals surface area contributed by atoms with Crippen molar-refractivity contribution in [3.63, 3.8) is 0 Å². The molecule has 122 valence electrons. The Morgan fingerprint density at radius 2 is 1.83 bits per heavy atom. The summed E-state index contributed by atoms with van der Waals surface area (Å²) in [6.45, 7) is 6.86. The molecular formula is C18H22N2O3. The van der Waals surface area contributed by atoms with Crippen LogP contribution in [-0.2, 0) is 17.8 Å². The number of hydrogen-bond donors (Lipinski definition) is 1. The predicted molar refractivity (Wildman–Crippen MR) is 87.2 cm³/mol. The smallest absolute Gasteiger partial charge is 0.255 e. The van der Waals surface area contributed by atoms with Crippen LogP contribution in [0.4, 0.5) is 0 Å². The SMILES string of the molecule is Cc1occc1C(=O)NCc1ccc(CN2CCOCC2)cc1. The van der Waals surface area contributed by atoms with E-state index in [-0.39, 0.29) is 5.91 Å². The number of ether oxygens (including phenoxy) is 1. The summed E-state index contributed by atoms with van der Waals surface area (Å²) >= 11 is 0. The molecule has 1 aromatic heterocycles. The van der Waals surface area contributed by atoms with Crippen molar-refractivity contribution < 1.29 is 13.9 Å². The lowest BCUT2D eigenvalue weighted by atomic mass is 10.1. The van der Waals surface area contributed by atoms with Crippen LogP contribution in [0.1, 0.15) is 27.2 Å². The van der Waals surface area contributed by atoms with Gasteiger partial charge in [-0.05, 0) is 24.1 Å². The minimum atomic E-state index is -0.103. The van der Waals surface area contributed by atoms with Gasteiger partial charge in [0.1, 0.15) is 5.76 Å². The van der Waals surface area contributed by atoms with Gasteiger partial charge >= 0.3 is 0 Å². The Bertz CT molecular complexity index is 643. The normalized spacial score (nSPS) is 15.5. The number of hydrogen-bond acceptors (Lipinski definition) is 4. The van der Waals surface area contributed by atoms with Crippen molar-refractivity contribution in [2.75, 3.05) is 26.3 Å². The zero-order valence-corrected chi connectivity index (χ0v) is 13.4. The van der Waals surface area contributed by atoms with Crippen LogP contribution in [0.15, 0.2) is 41.0 Å². The van der Waals surface area contributed by atoms with Crippen LogP contribution in [0.2, 0.25) is 0 Å². The third kappa shape index (κ3) is 4.21. The van der Waals surface area contributed by atoms with Gasteiger partial charge in [-0.15, -0.1) is 0 Å². The van der Waals surface area contributed by atoms with E-state index in [4.69, 9.17) is 9.15 Å². The molecule has 5 heteroatoms. The van der Waals surface area contributed by atoms with Gasteiger partial charge in [-0.25, -0.2) is 0 Å². The highest BCUT2D eigenvalue weighted by molar-refractivity contribution is 5.94. The first-order valence-corrected chi connectivity index (χ1v) is 7.92. The van der Waals surface area contributed by atoms with Gasteiger partial charge in [-0.1, -0.05) is 24.3 Å². The average Bonchev–Trinajstić information content (AvgIpc) is 3.01. The fourth-order valence-corrected chi connectivity index (χ4v) is 2.68. The van der Waals surface area contributed by atoms with Gasteiger partial charge in [-0.2, -0.15) is 0 Å². The highest BCUT2D eigenvalue weighted by Crippen LogP contribution is 2.11. The first-order chi connectivity index (χ1) is 11.2. The van der Waals surface area contributed by atoms with E-state index in [9.17, 15) is 4.79 Å². The minimum Gasteiger partial charge on any atom is -0.469 e. The number of benzene rings is 1. The number of amides is 1. The molecule has 1 N–H and O–H groups in total. The number of carbonyl (C=O) groups excluding carboxylic acids is 1. The quantitative estimate of drug-likeness (QED) is 0.920. The van der Waals surface area contributed by atoms with Crippen molar-refractivity contribution >= 4 is 5.91 Å². The Labute approximate surface area is 136 Å². The first-order valence-electron chi connectivity index (χ1n) is 7.92. The van der Waals surface area contributed by atoms with Crippen molar-refractivity contribution in [2.24, 2.45) is 0 Å². The fourth-order valence-electron chi connectivity index (χ4n) is 2.68. The van der Waals surface area contributed by atoms with Crippen LogP contribution >= 0.6 is 0 Å². The van der Waals surface area contributed by atoms with E-state index in [1.165, 1.54) is 11.8 Å². The molecule has 3 rings (SSSR count). The first kappa shape index (κ1) is 15.8. The number of aryl methyl sites for hydroxylation is 1. The minimum absolute atomic E-state index is 0.103. The molecule has 1 saturated heterocycles. The number of nitrogens with one attached hydrogen (secondary N) is 1. The Hall–Kier alpha value is -2.11. The fraction of sp³-hybridized carbons (Fsp3) is 0.389. The second-order valence-corrected chi connectivity index (χ2v) is 5.78. The van der Waals surface area contributed by atoms with Crippen LogP contribution in [-0.4, -0.2) is 37.1 Å². The third-order valence-corrected chi connectivity index (χ3v) is 4.09. The molecule has 2 aromatic rings. The number of nitrogens with zero attached hydrogens (tertiary/aromatic N) is 1. The maximum absolute atomic E-state index is 12.0. The van der Waals surface area contributed by atoms with Crippen LogP contribution in [0, 0.1) is 6.92 Å². The molecule has 1 fully saturated rings. The largest absolute Gasteiger partial charge is 0.469 e. The summed E-state index contributed by atoms with van der Waals surface area (Å²) in [4.78, 5) is 14.4. The molecule has 1 aliphatic heterocycles. The molecule has 0 aliphatic carbocycles. The van der Waals surface area contributed by atoms with Crippen LogP contribution in [0.25, 0.3) is 0 Å². The Morgan fingerprint density at radius 1 is 1.13 bits per heavy atom. The van der Waals surface area contributed by atoms with Crippen molar-refractivity contribution in [1.82, 2.24) is 10.2 Å². The summed E-state index contributed by atoms with van der Waals surface area (Å²) in [5.74, 6) is 0.539. The maximum atomic E-state index is 12.0. The summed E-state index contributed by atoms with van der Waals surface area (Å²) in [6.07, 6.45) is 1.53. The molecule has 1 aliphatic rings. The molecule has 23 heavy (non-hydrogen) atoms. The number of furan rings is 1. The van der Waals surface area contributed by atoms with Gasteiger partial charge in [0.05, 0.1) is 25.0 Å². The molecule has 0 saturated carbocycles. The second-order valence-electron chi connectivity index (χ2n) is 5.78. The van der Waals surface area contributed by atoms with Gasteiger partial charge in [0.25, 0.3) is 5.91 Å². The molecule has 0 unspecified atom stereocenters. The zero-order valence-electron chi connectivity index (χ0n) is 13.4. The van der Waals surface area contributed by atoms with Crippen LogP contribution in [0.5, 0.6) is 0 Å². The van der Waals surface area contributed by atoms with Gasteiger partial charge < -0.3 is 14.5 Å². The van der Waals surface area contributed by atoms with E-state index in [1.54, 1.807) is 13.0 Å². The lowest BCUT2D eigenvalue weighted by Crippen LogP contribution is -2.35. The summed E-state index contributed by atoms with van der Waals surface area (Å²) in [5, 5.41) is 2.92. The lowest BCUT2D eigenvalue weighted by molar-refractivity contribution is 0.0342. The molecule has 5 nitrogen and oxygen atoms in total.